The van der Waals surface area contributed by atoms with Gasteiger partial charge in [0, 0.05) is 39.5 Å². The van der Waals surface area contributed by atoms with Gasteiger partial charge < -0.3 is 14.9 Å². The largest absolute Gasteiger partial charge is 0.390 e. The number of amides is 2. The van der Waals surface area contributed by atoms with Crippen molar-refractivity contribution in [3.05, 3.63) is 30.1 Å². The molecular formula is C19H27N3O3. The number of piperidine rings is 1. The zero-order chi connectivity index (χ0) is 18.0. The summed E-state index contributed by atoms with van der Waals surface area (Å²) in [6.45, 7) is 2.94. The summed E-state index contributed by atoms with van der Waals surface area (Å²) in [6, 6.07) is 3.84. The number of likely N-dealkylation sites (tertiary alicyclic amines) is 1. The topological polar surface area (TPSA) is 73.7 Å². The highest BCUT2D eigenvalue weighted by atomic mass is 16.3. The van der Waals surface area contributed by atoms with Crippen molar-refractivity contribution in [2.75, 3.05) is 20.1 Å². The van der Waals surface area contributed by atoms with E-state index >= 15 is 0 Å². The fraction of sp³-hybridized carbons (Fsp3) is 0.632. The molecule has 1 N–H and O–H groups in total. The van der Waals surface area contributed by atoms with Gasteiger partial charge in [-0.15, -0.1) is 0 Å². The molecule has 1 saturated carbocycles. The minimum absolute atomic E-state index is 0.0418. The lowest BCUT2D eigenvalue weighted by Crippen LogP contribution is -2.47. The van der Waals surface area contributed by atoms with Crippen LogP contribution in [-0.4, -0.2) is 64.0 Å². The number of carbonyl (C=O) groups is 2. The quantitative estimate of drug-likeness (QED) is 0.899. The second kappa shape index (κ2) is 7.52. The molecule has 6 nitrogen and oxygen atoms in total. The van der Waals surface area contributed by atoms with Gasteiger partial charge in [-0.1, -0.05) is 0 Å². The van der Waals surface area contributed by atoms with Crippen molar-refractivity contribution >= 4 is 11.8 Å². The van der Waals surface area contributed by atoms with Crippen LogP contribution < -0.4 is 0 Å². The molecular weight excluding hydrogens is 318 g/mol. The smallest absolute Gasteiger partial charge is 0.228 e. The van der Waals surface area contributed by atoms with Crippen molar-refractivity contribution in [2.45, 2.75) is 50.7 Å². The Morgan fingerprint density at radius 3 is 2.40 bits per heavy atom. The lowest BCUT2D eigenvalue weighted by molar-refractivity contribution is -0.142. The summed E-state index contributed by atoms with van der Waals surface area (Å²) in [4.78, 5) is 31.9. The molecule has 1 aliphatic heterocycles. The van der Waals surface area contributed by atoms with Gasteiger partial charge in [-0.25, -0.2) is 0 Å². The minimum atomic E-state index is -0.765. The van der Waals surface area contributed by atoms with Crippen LogP contribution in [0.25, 0.3) is 0 Å². The maximum Gasteiger partial charge on any atom is 0.228 e. The summed E-state index contributed by atoms with van der Waals surface area (Å²) < 4.78 is 0. The van der Waals surface area contributed by atoms with Gasteiger partial charge in [0.2, 0.25) is 11.8 Å². The fourth-order valence-corrected chi connectivity index (χ4v) is 4.19. The van der Waals surface area contributed by atoms with Crippen LogP contribution >= 0.6 is 0 Å². The number of hydrogen-bond donors (Lipinski definition) is 1. The summed E-state index contributed by atoms with van der Waals surface area (Å²) in [5.41, 5.74) is 1.28. The van der Waals surface area contributed by atoms with Crippen LogP contribution in [-0.2, 0) is 9.59 Å². The lowest BCUT2D eigenvalue weighted by Gasteiger charge is -2.35. The summed E-state index contributed by atoms with van der Waals surface area (Å²) in [6.07, 6.45) is 6.07. The van der Waals surface area contributed by atoms with E-state index in [-0.39, 0.29) is 23.8 Å². The number of aliphatic hydroxyl groups excluding tert-OH is 1. The van der Waals surface area contributed by atoms with Gasteiger partial charge in [-0.2, -0.15) is 0 Å². The first-order valence-electron chi connectivity index (χ1n) is 9.09. The molecule has 6 heteroatoms. The Bertz CT molecular complexity index is 614. The van der Waals surface area contributed by atoms with Crippen LogP contribution in [0.3, 0.4) is 0 Å². The van der Waals surface area contributed by atoms with E-state index in [2.05, 4.69) is 4.98 Å². The Morgan fingerprint density at radius 1 is 1.16 bits per heavy atom. The zero-order valence-corrected chi connectivity index (χ0v) is 15.0. The highest BCUT2D eigenvalue weighted by Crippen LogP contribution is 2.33. The van der Waals surface area contributed by atoms with Crippen molar-refractivity contribution < 1.29 is 14.7 Å². The molecule has 0 unspecified atom stereocenters. The molecule has 3 rings (SSSR count). The second-order valence-corrected chi connectivity index (χ2v) is 7.25. The third-order valence-corrected chi connectivity index (χ3v) is 5.88. The first-order valence-corrected chi connectivity index (χ1v) is 9.09. The van der Waals surface area contributed by atoms with Crippen LogP contribution in [0, 0.1) is 5.92 Å². The first kappa shape index (κ1) is 17.9. The lowest BCUT2D eigenvalue weighted by atomic mass is 9.89. The molecule has 1 aromatic heterocycles. The third-order valence-electron chi connectivity index (χ3n) is 5.88. The molecule has 2 fully saturated rings. The van der Waals surface area contributed by atoms with Crippen molar-refractivity contribution in [3.8, 4) is 0 Å². The van der Waals surface area contributed by atoms with Gasteiger partial charge in [-0.3, -0.25) is 14.6 Å². The number of aromatic nitrogens is 1. The Morgan fingerprint density at radius 2 is 1.80 bits per heavy atom. The predicted octanol–water partition coefficient (Wildman–Crippen LogP) is 1.41. The standard InChI is InChI=1S/C19H27N3O3/c1-13(23)21(2)17-4-3-16(18(17)24)19(25)22-11-7-15(8-12-22)14-5-9-20-10-6-14/h5-6,9-10,15-18,24H,3-4,7-8,11-12H2,1-2H3/t16-,17-,18+/m1/s1. The molecule has 0 spiro atoms. The van der Waals surface area contributed by atoms with E-state index in [9.17, 15) is 14.7 Å². The van der Waals surface area contributed by atoms with E-state index in [1.54, 1.807) is 11.9 Å². The number of hydrogen-bond acceptors (Lipinski definition) is 4. The SMILES string of the molecule is CC(=O)N(C)[C@@H]1CC[C@@H](C(=O)N2CCC(c3ccncc3)CC2)[C@@H]1O. The third kappa shape index (κ3) is 3.68. The van der Waals surface area contributed by atoms with Gasteiger partial charge in [0.25, 0.3) is 0 Å². The molecule has 1 aromatic rings. The molecule has 1 aliphatic carbocycles. The van der Waals surface area contributed by atoms with E-state index < -0.39 is 6.10 Å². The summed E-state index contributed by atoms with van der Waals surface area (Å²) >= 11 is 0. The molecule has 25 heavy (non-hydrogen) atoms. The monoisotopic (exact) mass is 345 g/mol. The molecule has 0 bridgehead atoms. The molecule has 0 aromatic carbocycles. The summed E-state index contributed by atoms with van der Waals surface area (Å²) in [5, 5.41) is 10.6. The molecule has 2 heterocycles. The highest BCUT2D eigenvalue weighted by Gasteiger charge is 2.43. The van der Waals surface area contributed by atoms with Gasteiger partial charge in [0.15, 0.2) is 0 Å². The fourth-order valence-electron chi connectivity index (χ4n) is 4.19. The maximum absolute atomic E-state index is 12.8. The first-order chi connectivity index (χ1) is 12.0. The molecule has 136 valence electrons. The molecule has 3 atom stereocenters. The number of rotatable bonds is 3. The van der Waals surface area contributed by atoms with Crippen LogP contribution in [0.4, 0.5) is 0 Å². The van der Waals surface area contributed by atoms with E-state index in [1.165, 1.54) is 12.5 Å². The number of likely N-dealkylation sites (N-methyl/N-ethyl adjacent to an activating group) is 1. The van der Waals surface area contributed by atoms with Crippen molar-refractivity contribution in [1.82, 2.24) is 14.8 Å². The van der Waals surface area contributed by atoms with Gasteiger partial charge in [0.1, 0.15) is 0 Å². The molecule has 1 saturated heterocycles. The number of pyridine rings is 1. The van der Waals surface area contributed by atoms with Gasteiger partial charge in [-0.05, 0) is 49.3 Å². The molecule has 2 amide bonds. The van der Waals surface area contributed by atoms with E-state index in [0.717, 1.165) is 25.9 Å². The summed E-state index contributed by atoms with van der Waals surface area (Å²) in [5.74, 6) is 0.0527. The Kier molecular flexibility index (Phi) is 5.37. The van der Waals surface area contributed by atoms with E-state index in [4.69, 9.17) is 0 Å². The van der Waals surface area contributed by atoms with Crippen LogP contribution in [0.1, 0.15) is 44.1 Å². The van der Waals surface area contributed by atoms with E-state index in [1.807, 2.05) is 29.4 Å². The Hall–Kier alpha value is -1.95. The number of aliphatic hydroxyl groups is 1. The molecule has 2 aliphatic rings. The van der Waals surface area contributed by atoms with Crippen molar-refractivity contribution in [2.24, 2.45) is 5.92 Å². The second-order valence-electron chi connectivity index (χ2n) is 7.25. The number of carbonyl (C=O) groups excluding carboxylic acids is 2. The zero-order valence-electron chi connectivity index (χ0n) is 15.0. The average Bonchev–Trinajstić information content (AvgIpc) is 3.02. The van der Waals surface area contributed by atoms with Crippen molar-refractivity contribution in [3.63, 3.8) is 0 Å². The van der Waals surface area contributed by atoms with Gasteiger partial charge in [0.05, 0.1) is 18.1 Å². The minimum Gasteiger partial charge on any atom is -0.390 e. The average molecular weight is 345 g/mol. The Balaban J connectivity index is 1.57. The Labute approximate surface area is 148 Å². The molecule has 0 radical (unpaired) electrons. The van der Waals surface area contributed by atoms with Crippen LogP contribution in [0.5, 0.6) is 0 Å². The predicted molar refractivity (Wildman–Crippen MR) is 93.8 cm³/mol. The van der Waals surface area contributed by atoms with E-state index in [0.29, 0.717) is 18.8 Å². The normalized spacial score (nSPS) is 27.3. The van der Waals surface area contributed by atoms with Crippen LogP contribution in [0.15, 0.2) is 24.5 Å². The highest BCUT2D eigenvalue weighted by molar-refractivity contribution is 5.80. The maximum atomic E-state index is 12.8. The summed E-state index contributed by atoms with van der Waals surface area (Å²) in [7, 11) is 1.70. The number of nitrogens with zero attached hydrogens (tertiary/aromatic N) is 3. The van der Waals surface area contributed by atoms with Crippen molar-refractivity contribution in [1.29, 1.82) is 0 Å². The van der Waals surface area contributed by atoms with Gasteiger partial charge >= 0.3 is 0 Å². The van der Waals surface area contributed by atoms with Crippen LogP contribution in [0.2, 0.25) is 0 Å².